The summed E-state index contributed by atoms with van der Waals surface area (Å²) in [7, 11) is -4.74. The Balaban J connectivity index is 3.92. The van der Waals surface area contributed by atoms with Gasteiger partial charge in [0.2, 0.25) is 0 Å². The average Bonchev–Trinajstić information content (AvgIpc) is 2.98. The minimum absolute atomic E-state index is 0.219. The smallest absolute Gasteiger partial charge is 0.462 e. The summed E-state index contributed by atoms with van der Waals surface area (Å²) in [6.07, 6.45) is 31.1. The van der Waals surface area contributed by atoms with Crippen LogP contribution >= 0.6 is 7.82 Å². The van der Waals surface area contributed by atoms with Gasteiger partial charge < -0.3 is 19.3 Å². The molecule has 0 unspecified atom stereocenters. The third-order valence-electron chi connectivity index (χ3n) is 8.13. The van der Waals surface area contributed by atoms with Crippen molar-refractivity contribution in [3.8, 4) is 0 Å². The maximum atomic E-state index is 12.3. The maximum Gasteiger partial charge on any atom is 0.469 e. The zero-order valence-electron chi connectivity index (χ0n) is 28.6. The Labute approximate surface area is 270 Å². The monoisotopic (exact) mass is 648 g/mol. The highest BCUT2D eigenvalue weighted by molar-refractivity contribution is 7.46. The van der Waals surface area contributed by atoms with Gasteiger partial charge in [0, 0.05) is 12.8 Å². The van der Waals surface area contributed by atoms with Crippen LogP contribution in [0.5, 0.6) is 0 Å². The number of carbonyl (C=O) groups is 2. The summed E-state index contributed by atoms with van der Waals surface area (Å²) < 4.78 is 26.2. The van der Waals surface area contributed by atoms with Gasteiger partial charge in [-0.2, -0.15) is 0 Å². The van der Waals surface area contributed by atoms with Gasteiger partial charge in [-0.3, -0.25) is 14.1 Å². The summed E-state index contributed by atoms with van der Waals surface area (Å²) in [6.45, 7) is 3.68. The molecular weight excluding hydrogens is 579 g/mol. The number of hydrogen-bond acceptors (Lipinski definition) is 6. The molecule has 0 amide bonds. The molecule has 0 spiro atoms. The van der Waals surface area contributed by atoms with Crippen LogP contribution in [0.1, 0.15) is 194 Å². The molecule has 8 nitrogen and oxygen atoms in total. The first-order chi connectivity index (χ1) is 21.3. The SMILES string of the molecule is CCCCCCCCCCCCCCCCCC(=O)OC[C@H](COP(=O)(O)O)OC(=O)CCCCCCCCCCCCC. The molecule has 9 heteroatoms. The highest BCUT2D eigenvalue weighted by atomic mass is 31.2. The van der Waals surface area contributed by atoms with Gasteiger partial charge in [-0.15, -0.1) is 0 Å². The lowest BCUT2D eigenvalue weighted by Crippen LogP contribution is -2.29. The average molecular weight is 649 g/mol. The molecule has 0 bridgehead atoms. The van der Waals surface area contributed by atoms with Crippen LogP contribution in [-0.2, 0) is 28.2 Å². The summed E-state index contributed by atoms with van der Waals surface area (Å²) in [6, 6.07) is 0. The first kappa shape index (κ1) is 43.0. The fourth-order valence-corrected chi connectivity index (χ4v) is 5.73. The molecule has 0 fully saturated rings. The van der Waals surface area contributed by atoms with E-state index in [1.165, 1.54) is 122 Å². The molecule has 0 rings (SSSR count). The lowest BCUT2D eigenvalue weighted by atomic mass is 10.0. The summed E-state index contributed by atoms with van der Waals surface area (Å²) in [5, 5.41) is 0. The van der Waals surface area contributed by atoms with E-state index in [0.717, 1.165) is 38.5 Å². The van der Waals surface area contributed by atoms with Gasteiger partial charge in [0.1, 0.15) is 6.61 Å². The van der Waals surface area contributed by atoms with E-state index in [-0.39, 0.29) is 19.4 Å². The molecule has 262 valence electrons. The normalized spacial score (nSPS) is 12.4. The zero-order chi connectivity index (χ0) is 32.6. The Morgan fingerprint density at radius 3 is 1.16 bits per heavy atom. The number of unbranched alkanes of at least 4 members (excludes halogenated alkanes) is 24. The molecule has 0 heterocycles. The molecule has 0 aliphatic carbocycles. The van der Waals surface area contributed by atoms with Crippen LogP contribution in [-0.4, -0.2) is 41.0 Å². The van der Waals surface area contributed by atoms with Crippen molar-refractivity contribution in [2.45, 2.75) is 200 Å². The summed E-state index contributed by atoms with van der Waals surface area (Å²) >= 11 is 0. The van der Waals surface area contributed by atoms with Crippen LogP contribution in [0.3, 0.4) is 0 Å². The molecule has 0 aliphatic rings. The van der Waals surface area contributed by atoms with E-state index in [1.807, 2.05) is 0 Å². The fourth-order valence-electron chi connectivity index (χ4n) is 5.37. The first-order valence-electron chi connectivity index (χ1n) is 18.3. The van der Waals surface area contributed by atoms with Crippen LogP contribution < -0.4 is 0 Å². The van der Waals surface area contributed by atoms with E-state index in [0.29, 0.717) is 6.42 Å². The molecule has 2 N–H and O–H groups in total. The van der Waals surface area contributed by atoms with Gasteiger partial charge in [0.15, 0.2) is 6.10 Å². The number of phosphoric acid groups is 1. The molecule has 0 aromatic carbocycles. The van der Waals surface area contributed by atoms with Crippen LogP contribution in [0.15, 0.2) is 0 Å². The second-order valence-corrected chi connectivity index (χ2v) is 13.8. The molecule has 0 saturated carbocycles. The lowest BCUT2D eigenvalue weighted by Gasteiger charge is -2.18. The Kier molecular flexibility index (Phi) is 31.3. The van der Waals surface area contributed by atoms with Crippen molar-refractivity contribution in [3.05, 3.63) is 0 Å². The fraction of sp³-hybridized carbons (Fsp3) is 0.943. The minimum Gasteiger partial charge on any atom is -0.462 e. The van der Waals surface area contributed by atoms with Crippen molar-refractivity contribution in [1.29, 1.82) is 0 Å². The molecule has 0 aromatic heterocycles. The summed E-state index contributed by atoms with van der Waals surface area (Å²) in [5.74, 6) is -0.874. The topological polar surface area (TPSA) is 119 Å². The van der Waals surface area contributed by atoms with E-state index in [1.54, 1.807) is 0 Å². The van der Waals surface area contributed by atoms with Crippen LogP contribution in [0, 0.1) is 0 Å². The predicted molar refractivity (Wildman–Crippen MR) is 179 cm³/mol. The van der Waals surface area contributed by atoms with Crippen molar-refractivity contribution >= 4 is 19.8 Å². The number of esters is 2. The Morgan fingerprint density at radius 2 is 0.818 bits per heavy atom. The number of ether oxygens (including phenoxy) is 2. The molecule has 1 atom stereocenters. The number of phosphoric ester groups is 1. The van der Waals surface area contributed by atoms with Crippen molar-refractivity contribution < 1.29 is 37.9 Å². The minimum atomic E-state index is -4.74. The van der Waals surface area contributed by atoms with Gasteiger partial charge in [0.25, 0.3) is 0 Å². The second-order valence-electron chi connectivity index (χ2n) is 12.6. The molecule has 0 saturated heterocycles. The first-order valence-corrected chi connectivity index (χ1v) is 19.9. The summed E-state index contributed by atoms with van der Waals surface area (Å²) in [4.78, 5) is 42.6. The van der Waals surface area contributed by atoms with Crippen molar-refractivity contribution in [1.82, 2.24) is 0 Å². The Hall–Kier alpha value is -0.950. The molecule has 44 heavy (non-hydrogen) atoms. The van der Waals surface area contributed by atoms with E-state index in [2.05, 4.69) is 18.4 Å². The molecule has 0 radical (unpaired) electrons. The predicted octanol–water partition coefficient (Wildman–Crippen LogP) is 10.5. The van der Waals surface area contributed by atoms with E-state index < -0.39 is 32.5 Å². The quantitative estimate of drug-likeness (QED) is 0.0402. The zero-order valence-corrected chi connectivity index (χ0v) is 29.5. The number of rotatable bonds is 34. The van der Waals surface area contributed by atoms with Gasteiger partial charge in [0.05, 0.1) is 6.61 Å². The third kappa shape index (κ3) is 33.9. The Morgan fingerprint density at radius 1 is 0.500 bits per heavy atom. The van der Waals surface area contributed by atoms with Gasteiger partial charge in [-0.1, -0.05) is 168 Å². The lowest BCUT2D eigenvalue weighted by molar-refractivity contribution is -0.161. The van der Waals surface area contributed by atoms with Crippen molar-refractivity contribution in [2.75, 3.05) is 13.2 Å². The molecular formula is C35H69O8P. The van der Waals surface area contributed by atoms with E-state index >= 15 is 0 Å². The number of hydrogen-bond donors (Lipinski definition) is 2. The highest BCUT2D eigenvalue weighted by Crippen LogP contribution is 2.36. The summed E-state index contributed by atoms with van der Waals surface area (Å²) in [5.41, 5.74) is 0. The maximum absolute atomic E-state index is 12.3. The van der Waals surface area contributed by atoms with Gasteiger partial charge in [-0.25, -0.2) is 4.57 Å². The Bertz CT molecular complexity index is 696. The molecule has 0 aromatic rings. The van der Waals surface area contributed by atoms with E-state index in [4.69, 9.17) is 19.3 Å². The molecule has 0 aliphatic heterocycles. The third-order valence-corrected chi connectivity index (χ3v) is 8.61. The van der Waals surface area contributed by atoms with E-state index in [9.17, 15) is 14.2 Å². The van der Waals surface area contributed by atoms with Crippen LogP contribution in [0.4, 0.5) is 0 Å². The van der Waals surface area contributed by atoms with Crippen molar-refractivity contribution in [3.63, 3.8) is 0 Å². The number of carbonyl (C=O) groups excluding carboxylic acids is 2. The van der Waals surface area contributed by atoms with Crippen LogP contribution in [0.25, 0.3) is 0 Å². The second kappa shape index (κ2) is 32.0. The standard InChI is InChI=1S/C35H69O8P/c1-3-5-7-9-11-13-15-16-17-18-20-21-23-25-27-29-34(36)41-31-33(32-42-44(38,39)40)43-35(37)30-28-26-24-22-19-14-12-10-8-6-4-2/h33H,3-32H2,1-2H3,(H2,38,39,40)/t33-/m1/s1. The van der Waals surface area contributed by atoms with Crippen molar-refractivity contribution in [2.24, 2.45) is 0 Å². The largest absolute Gasteiger partial charge is 0.469 e. The van der Waals surface area contributed by atoms with Gasteiger partial charge in [-0.05, 0) is 12.8 Å². The highest BCUT2D eigenvalue weighted by Gasteiger charge is 2.22. The van der Waals surface area contributed by atoms with Gasteiger partial charge >= 0.3 is 19.8 Å². The van der Waals surface area contributed by atoms with Crippen LogP contribution in [0.2, 0.25) is 0 Å².